The van der Waals surface area contributed by atoms with Crippen molar-refractivity contribution in [3.8, 4) is 22.9 Å². The molecule has 168 valence electrons. The molecule has 32 heavy (non-hydrogen) atoms. The predicted molar refractivity (Wildman–Crippen MR) is 121 cm³/mol. The van der Waals surface area contributed by atoms with Gasteiger partial charge in [0.15, 0.2) is 16.7 Å². The summed E-state index contributed by atoms with van der Waals surface area (Å²) in [6.07, 6.45) is 0. The Labute approximate surface area is 189 Å². The topological polar surface area (TPSA) is 121 Å². The number of rotatable bonds is 10. The molecule has 0 unspecified atom stereocenters. The number of hydrogen-bond donors (Lipinski definition) is 1. The van der Waals surface area contributed by atoms with E-state index in [0.717, 1.165) is 11.3 Å². The van der Waals surface area contributed by atoms with Crippen LogP contribution in [0.25, 0.3) is 11.4 Å². The van der Waals surface area contributed by atoms with E-state index in [1.54, 1.807) is 0 Å². The van der Waals surface area contributed by atoms with Gasteiger partial charge in [0, 0.05) is 24.4 Å². The van der Waals surface area contributed by atoms with Crippen LogP contribution in [0.15, 0.2) is 47.6 Å². The Morgan fingerprint density at radius 3 is 2.66 bits per heavy atom. The van der Waals surface area contributed by atoms with Crippen molar-refractivity contribution in [2.45, 2.75) is 25.5 Å². The fourth-order valence-corrected chi connectivity index (χ4v) is 3.85. The SMILES string of the molecule is CCOc1ccccc1-c1nnc(SCC(=O)Nc2ccc([N+](=O)[O-])c(OC)c2)n1CC. The normalized spacial score (nSPS) is 10.6. The summed E-state index contributed by atoms with van der Waals surface area (Å²) < 4.78 is 12.7. The van der Waals surface area contributed by atoms with Crippen LogP contribution >= 0.6 is 11.8 Å². The standard InChI is InChI=1S/C21H23N5O5S/c1-4-25-20(15-8-6-7-9-17(15)31-5-2)23-24-21(25)32-13-19(27)22-14-10-11-16(26(28)29)18(12-14)30-3/h6-12H,4-5,13H2,1-3H3,(H,22,27). The first kappa shape index (κ1) is 23.1. The largest absolute Gasteiger partial charge is 0.493 e. The van der Waals surface area contributed by atoms with E-state index in [1.165, 1.54) is 37.1 Å². The minimum absolute atomic E-state index is 0.0729. The van der Waals surface area contributed by atoms with Gasteiger partial charge in [-0.3, -0.25) is 14.9 Å². The lowest BCUT2D eigenvalue weighted by atomic mass is 10.2. The molecule has 0 saturated heterocycles. The fourth-order valence-electron chi connectivity index (χ4n) is 3.05. The molecule has 2 aromatic carbocycles. The van der Waals surface area contributed by atoms with Gasteiger partial charge in [-0.15, -0.1) is 10.2 Å². The zero-order valence-electron chi connectivity index (χ0n) is 17.9. The second-order valence-corrected chi connectivity index (χ2v) is 7.40. The highest BCUT2D eigenvalue weighted by Crippen LogP contribution is 2.32. The van der Waals surface area contributed by atoms with Crippen LogP contribution < -0.4 is 14.8 Å². The molecule has 0 spiro atoms. The number of para-hydroxylation sites is 1. The highest BCUT2D eigenvalue weighted by atomic mass is 32.2. The molecule has 0 atom stereocenters. The van der Waals surface area contributed by atoms with E-state index >= 15 is 0 Å². The number of benzene rings is 2. The van der Waals surface area contributed by atoms with E-state index in [1.807, 2.05) is 42.7 Å². The van der Waals surface area contributed by atoms with Crippen LogP contribution in [0.5, 0.6) is 11.5 Å². The summed E-state index contributed by atoms with van der Waals surface area (Å²) in [5, 5.41) is 22.9. The summed E-state index contributed by atoms with van der Waals surface area (Å²) in [5.74, 6) is 1.26. The number of nitro groups is 1. The molecular formula is C21H23N5O5S. The maximum Gasteiger partial charge on any atom is 0.311 e. The van der Waals surface area contributed by atoms with E-state index in [0.29, 0.717) is 29.8 Å². The van der Waals surface area contributed by atoms with Crippen molar-refractivity contribution >= 4 is 29.0 Å². The molecule has 3 rings (SSSR count). The van der Waals surface area contributed by atoms with E-state index in [2.05, 4.69) is 15.5 Å². The van der Waals surface area contributed by atoms with Crippen LogP contribution in [0.4, 0.5) is 11.4 Å². The average Bonchev–Trinajstić information content (AvgIpc) is 3.20. The second kappa shape index (κ2) is 10.6. The summed E-state index contributed by atoms with van der Waals surface area (Å²) >= 11 is 1.25. The molecule has 1 heterocycles. The highest BCUT2D eigenvalue weighted by molar-refractivity contribution is 7.99. The smallest absolute Gasteiger partial charge is 0.311 e. The van der Waals surface area contributed by atoms with Gasteiger partial charge in [-0.25, -0.2) is 0 Å². The monoisotopic (exact) mass is 457 g/mol. The number of thioether (sulfide) groups is 1. The maximum atomic E-state index is 12.4. The molecule has 3 aromatic rings. The average molecular weight is 458 g/mol. The van der Waals surface area contributed by atoms with Crippen LogP contribution in [0.3, 0.4) is 0 Å². The molecule has 0 bridgehead atoms. The van der Waals surface area contributed by atoms with Gasteiger partial charge in [-0.2, -0.15) is 0 Å². The fraction of sp³-hybridized carbons (Fsp3) is 0.286. The van der Waals surface area contributed by atoms with E-state index < -0.39 is 4.92 Å². The summed E-state index contributed by atoms with van der Waals surface area (Å²) in [6, 6.07) is 11.8. The van der Waals surface area contributed by atoms with Gasteiger partial charge in [0.05, 0.1) is 30.0 Å². The Bertz CT molecular complexity index is 1120. The molecule has 1 aromatic heterocycles. The number of carbonyl (C=O) groups excluding carboxylic acids is 1. The molecule has 0 saturated carbocycles. The van der Waals surface area contributed by atoms with Gasteiger partial charge >= 0.3 is 5.69 Å². The molecule has 1 amide bonds. The van der Waals surface area contributed by atoms with Crippen molar-refractivity contribution in [3.05, 3.63) is 52.6 Å². The Morgan fingerprint density at radius 1 is 1.19 bits per heavy atom. The van der Waals surface area contributed by atoms with Crippen molar-refractivity contribution in [2.24, 2.45) is 0 Å². The zero-order chi connectivity index (χ0) is 23.1. The van der Waals surface area contributed by atoms with Gasteiger partial charge in [-0.1, -0.05) is 23.9 Å². The first-order chi connectivity index (χ1) is 15.5. The number of carbonyl (C=O) groups is 1. The van der Waals surface area contributed by atoms with Gasteiger partial charge in [0.1, 0.15) is 5.75 Å². The molecule has 11 heteroatoms. The third kappa shape index (κ3) is 5.17. The molecular weight excluding hydrogens is 434 g/mol. The number of nitro benzene ring substituents is 1. The lowest BCUT2D eigenvalue weighted by molar-refractivity contribution is -0.385. The molecule has 0 aliphatic carbocycles. The number of nitrogens with zero attached hydrogens (tertiary/aromatic N) is 4. The Balaban J connectivity index is 1.71. The maximum absolute atomic E-state index is 12.4. The number of amides is 1. The van der Waals surface area contributed by atoms with Crippen LogP contribution in [0.2, 0.25) is 0 Å². The van der Waals surface area contributed by atoms with E-state index in [4.69, 9.17) is 9.47 Å². The first-order valence-electron chi connectivity index (χ1n) is 9.88. The van der Waals surface area contributed by atoms with Crippen LogP contribution in [-0.4, -0.2) is 45.1 Å². The lowest BCUT2D eigenvalue weighted by Gasteiger charge is -2.11. The number of hydrogen-bond acceptors (Lipinski definition) is 8. The molecule has 0 aliphatic heterocycles. The highest BCUT2D eigenvalue weighted by Gasteiger charge is 2.19. The molecule has 0 aliphatic rings. The van der Waals surface area contributed by atoms with Crippen LogP contribution in [0.1, 0.15) is 13.8 Å². The molecule has 1 N–H and O–H groups in total. The van der Waals surface area contributed by atoms with Crippen molar-refractivity contribution < 1.29 is 19.2 Å². The minimum Gasteiger partial charge on any atom is -0.493 e. The third-order valence-electron chi connectivity index (χ3n) is 4.45. The second-order valence-electron chi connectivity index (χ2n) is 6.46. The van der Waals surface area contributed by atoms with Gasteiger partial charge < -0.3 is 19.4 Å². The van der Waals surface area contributed by atoms with Crippen LogP contribution in [-0.2, 0) is 11.3 Å². The Hall–Kier alpha value is -3.60. The summed E-state index contributed by atoms with van der Waals surface area (Å²) in [5.41, 5.74) is 1.06. The van der Waals surface area contributed by atoms with Crippen molar-refractivity contribution in [2.75, 3.05) is 24.8 Å². The third-order valence-corrected chi connectivity index (χ3v) is 5.42. The molecule has 0 fully saturated rings. The van der Waals surface area contributed by atoms with E-state index in [9.17, 15) is 14.9 Å². The van der Waals surface area contributed by atoms with Crippen LogP contribution in [0, 0.1) is 10.1 Å². The van der Waals surface area contributed by atoms with Crippen molar-refractivity contribution in [1.82, 2.24) is 14.8 Å². The quantitative estimate of drug-likeness (QED) is 0.275. The molecule has 0 radical (unpaired) electrons. The van der Waals surface area contributed by atoms with Gasteiger partial charge in [-0.05, 0) is 32.0 Å². The number of aromatic nitrogens is 3. The number of methoxy groups -OCH3 is 1. The number of nitrogens with one attached hydrogen (secondary N) is 1. The lowest BCUT2D eigenvalue weighted by Crippen LogP contribution is -2.15. The number of ether oxygens (including phenoxy) is 2. The van der Waals surface area contributed by atoms with Crippen molar-refractivity contribution in [1.29, 1.82) is 0 Å². The van der Waals surface area contributed by atoms with E-state index in [-0.39, 0.29) is 23.1 Å². The van der Waals surface area contributed by atoms with Crippen molar-refractivity contribution in [3.63, 3.8) is 0 Å². The first-order valence-corrected chi connectivity index (χ1v) is 10.9. The Morgan fingerprint density at radius 2 is 1.97 bits per heavy atom. The zero-order valence-corrected chi connectivity index (χ0v) is 18.7. The van der Waals surface area contributed by atoms with Gasteiger partial charge in [0.2, 0.25) is 5.91 Å². The summed E-state index contributed by atoms with van der Waals surface area (Å²) in [7, 11) is 1.34. The predicted octanol–water partition coefficient (Wildman–Crippen LogP) is 4.01. The van der Waals surface area contributed by atoms with Gasteiger partial charge in [0.25, 0.3) is 0 Å². The molecule has 10 nitrogen and oxygen atoms in total. The summed E-state index contributed by atoms with van der Waals surface area (Å²) in [6.45, 7) is 5.05. The Kier molecular flexibility index (Phi) is 7.66. The number of anilines is 1. The minimum atomic E-state index is -0.543. The summed E-state index contributed by atoms with van der Waals surface area (Å²) in [4.78, 5) is 22.9.